The zero-order valence-electron chi connectivity index (χ0n) is 8.73. The van der Waals surface area contributed by atoms with E-state index in [2.05, 4.69) is 20.8 Å². The van der Waals surface area contributed by atoms with Crippen molar-refractivity contribution in [1.82, 2.24) is 0 Å². The fourth-order valence-electron chi connectivity index (χ4n) is 2.00. The molecule has 1 saturated heterocycles. The molecule has 0 aliphatic carbocycles. The highest BCUT2D eigenvalue weighted by atomic mass is 16.5. The summed E-state index contributed by atoms with van der Waals surface area (Å²) in [5.74, 6) is 0.812. The lowest BCUT2D eigenvalue weighted by Crippen LogP contribution is -2.16. The molecule has 0 amide bonds. The minimum absolute atomic E-state index is 0.471. The van der Waals surface area contributed by atoms with Crippen molar-refractivity contribution in [3.05, 3.63) is 0 Å². The minimum Gasteiger partial charge on any atom is -0.381 e. The van der Waals surface area contributed by atoms with Crippen LogP contribution >= 0.6 is 0 Å². The molecular weight excluding hydrogens is 148 g/mol. The van der Waals surface area contributed by atoms with Gasteiger partial charge in [0.05, 0.1) is 0 Å². The van der Waals surface area contributed by atoms with Crippen LogP contribution in [0.5, 0.6) is 0 Å². The molecule has 0 aromatic carbocycles. The van der Waals surface area contributed by atoms with E-state index in [1.807, 2.05) is 0 Å². The van der Waals surface area contributed by atoms with Crippen molar-refractivity contribution in [2.75, 3.05) is 13.2 Å². The van der Waals surface area contributed by atoms with Gasteiger partial charge >= 0.3 is 0 Å². The Kier molecular flexibility index (Phi) is 3.57. The van der Waals surface area contributed by atoms with Crippen LogP contribution in [0.2, 0.25) is 0 Å². The highest BCUT2D eigenvalue weighted by Crippen LogP contribution is 2.28. The normalized spacial score (nSPS) is 26.8. The van der Waals surface area contributed by atoms with Crippen LogP contribution in [-0.4, -0.2) is 13.2 Å². The summed E-state index contributed by atoms with van der Waals surface area (Å²) in [6, 6.07) is 0. The second-order valence-corrected chi connectivity index (χ2v) is 5.20. The van der Waals surface area contributed by atoms with Gasteiger partial charge in [-0.15, -0.1) is 0 Å². The van der Waals surface area contributed by atoms with Gasteiger partial charge in [0.2, 0.25) is 0 Å². The largest absolute Gasteiger partial charge is 0.381 e. The van der Waals surface area contributed by atoms with E-state index < -0.39 is 0 Å². The van der Waals surface area contributed by atoms with Crippen molar-refractivity contribution in [2.24, 2.45) is 11.3 Å². The van der Waals surface area contributed by atoms with Crippen LogP contribution in [0.3, 0.4) is 0 Å². The Morgan fingerprint density at radius 2 is 2.00 bits per heavy atom. The molecule has 1 unspecified atom stereocenters. The summed E-state index contributed by atoms with van der Waals surface area (Å²) in [5, 5.41) is 0. The van der Waals surface area contributed by atoms with Gasteiger partial charge in [-0.05, 0) is 30.6 Å². The summed E-state index contributed by atoms with van der Waals surface area (Å²) in [5.41, 5.74) is 0.471. The summed E-state index contributed by atoms with van der Waals surface area (Å²) in [4.78, 5) is 0. The maximum absolute atomic E-state index is 5.55. The summed E-state index contributed by atoms with van der Waals surface area (Å²) in [6.45, 7) is 8.94. The van der Waals surface area contributed by atoms with Crippen LogP contribution in [0.15, 0.2) is 0 Å². The summed E-state index contributed by atoms with van der Waals surface area (Å²) in [7, 11) is 0. The van der Waals surface area contributed by atoms with E-state index in [0.717, 1.165) is 19.1 Å². The topological polar surface area (TPSA) is 9.23 Å². The predicted molar refractivity (Wildman–Crippen MR) is 52.2 cm³/mol. The molecular formula is C11H22O. The monoisotopic (exact) mass is 170 g/mol. The first-order valence-electron chi connectivity index (χ1n) is 5.16. The quantitative estimate of drug-likeness (QED) is 0.587. The summed E-state index contributed by atoms with van der Waals surface area (Å²) < 4.78 is 5.55. The van der Waals surface area contributed by atoms with Gasteiger partial charge < -0.3 is 4.74 Å². The average Bonchev–Trinajstić information content (AvgIpc) is 2.12. The lowest BCUT2D eigenvalue weighted by Gasteiger charge is -2.24. The number of rotatable bonds is 1. The first-order valence-corrected chi connectivity index (χ1v) is 5.16. The smallest absolute Gasteiger partial charge is 0.0494 e. The van der Waals surface area contributed by atoms with Gasteiger partial charge in [-0.3, -0.25) is 0 Å². The second-order valence-electron chi connectivity index (χ2n) is 5.20. The number of hydrogen-bond acceptors (Lipinski definition) is 1. The molecule has 0 aromatic rings. The van der Waals surface area contributed by atoms with E-state index in [9.17, 15) is 0 Å². The van der Waals surface area contributed by atoms with Gasteiger partial charge in [-0.2, -0.15) is 0 Å². The zero-order valence-corrected chi connectivity index (χ0v) is 8.73. The summed E-state index contributed by atoms with van der Waals surface area (Å²) in [6.07, 6.45) is 5.31. The van der Waals surface area contributed by atoms with Crippen molar-refractivity contribution in [2.45, 2.75) is 46.5 Å². The van der Waals surface area contributed by atoms with Crippen molar-refractivity contribution in [3.8, 4) is 0 Å². The molecule has 1 heterocycles. The molecule has 0 saturated carbocycles. The van der Waals surface area contributed by atoms with E-state index >= 15 is 0 Å². The fourth-order valence-corrected chi connectivity index (χ4v) is 2.00. The van der Waals surface area contributed by atoms with Crippen molar-refractivity contribution in [1.29, 1.82) is 0 Å². The van der Waals surface area contributed by atoms with Crippen molar-refractivity contribution >= 4 is 0 Å². The van der Waals surface area contributed by atoms with Crippen LogP contribution in [0, 0.1) is 11.3 Å². The van der Waals surface area contributed by atoms with Gasteiger partial charge in [0.25, 0.3) is 0 Å². The molecule has 1 nitrogen and oxygen atoms in total. The van der Waals surface area contributed by atoms with Gasteiger partial charge in [0.1, 0.15) is 0 Å². The standard InChI is InChI=1S/C11H22O/c1-11(2,3)8-10-6-4-5-7-12-9-10/h10H,4-9H2,1-3H3. The third-order valence-corrected chi connectivity index (χ3v) is 2.41. The Labute approximate surface area is 76.5 Å². The van der Waals surface area contributed by atoms with Crippen molar-refractivity contribution in [3.63, 3.8) is 0 Å². The maximum Gasteiger partial charge on any atom is 0.0494 e. The molecule has 0 radical (unpaired) electrons. The van der Waals surface area contributed by atoms with E-state index in [4.69, 9.17) is 4.74 Å². The Hall–Kier alpha value is -0.0400. The van der Waals surface area contributed by atoms with Crippen LogP contribution < -0.4 is 0 Å². The Morgan fingerprint density at radius 3 is 2.67 bits per heavy atom. The number of ether oxygens (including phenoxy) is 1. The van der Waals surface area contributed by atoms with Gasteiger partial charge in [0, 0.05) is 13.2 Å². The number of hydrogen-bond donors (Lipinski definition) is 0. The summed E-state index contributed by atoms with van der Waals surface area (Å²) >= 11 is 0. The predicted octanol–water partition coefficient (Wildman–Crippen LogP) is 3.24. The molecule has 0 aromatic heterocycles. The zero-order chi connectivity index (χ0) is 9.03. The lowest BCUT2D eigenvalue weighted by atomic mass is 9.83. The second kappa shape index (κ2) is 4.27. The van der Waals surface area contributed by atoms with Gasteiger partial charge in [-0.25, -0.2) is 0 Å². The molecule has 72 valence electrons. The first-order chi connectivity index (χ1) is 5.58. The van der Waals surface area contributed by atoms with Crippen LogP contribution in [-0.2, 0) is 4.74 Å². The first kappa shape index (κ1) is 10.0. The maximum atomic E-state index is 5.55. The fraction of sp³-hybridized carbons (Fsp3) is 1.00. The Morgan fingerprint density at radius 1 is 1.25 bits per heavy atom. The molecule has 0 bridgehead atoms. The van der Waals surface area contributed by atoms with E-state index in [0.29, 0.717) is 5.41 Å². The molecule has 1 atom stereocenters. The highest BCUT2D eigenvalue weighted by Gasteiger charge is 2.19. The SMILES string of the molecule is CC(C)(C)CC1CCCCOC1. The van der Waals surface area contributed by atoms with Crippen LogP contribution in [0.4, 0.5) is 0 Å². The minimum atomic E-state index is 0.471. The lowest BCUT2D eigenvalue weighted by molar-refractivity contribution is 0.0990. The molecule has 0 N–H and O–H groups in total. The Bertz CT molecular complexity index is 115. The Balaban J connectivity index is 2.30. The molecule has 0 spiro atoms. The van der Waals surface area contributed by atoms with Crippen LogP contribution in [0.1, 0.15) is 46.5 Å². The molecule has 1 fully saturated rings. The molecule has 1 aliphatic heterocycles. The highest BCUT2D eigenvalue weighted by molar-refractivity contribution is 4.70. The molecule has 1 heteroatoms. The third kappa shape index (κ3) is 4.10. The van der Waals surface area contributed by atoms with Crippen molar-refractivity contribution < 1.29 is 4.74 Å². The third-order valence-electron chi connectivity index (χ3n) is 2.41. The molecule has 1 rings (SSSR count). The average molecular weight is 170 g/mol. The van der Waals surface area contributed by atoms with E-state index in [-0.39, 0.29) is 0 Å². The van der Waals surface area contributed by atoms with Crippen LogP contribution in [0.25, 0.3) is 0 Å². The van der Waals surface area contributed by atoms with Gasteiger partial charge in [-0.1, -0.05) is 27.2 Å². The van der Waals surface area contributed by atoms with Gasteiger partial charge in [0.15, 0.2) is 0 Å². The van der Waals surface area contributed by atoms with E-state index in [1.54, 1.807) is 0 Å². The molecule has 1 aliphatic rings. The molecule has 12 heavy (non-hydrogen) atoms. The van der Waals surface area contributed by atoms with E-state index in [1.165, 1.54) is 25.7 Å².